The zero-order valence-corrected chi connectivity index (χ0v) is 20.2. The molecule has 0 amide bonds. The van der Waals surface area contributed by atoms with Crippen molar-refractivity contribution < 1.29 is 35.8 Å². The predicted molar refractivity (Wildman–Crippen MR) is 129 cm³/mol. The highest BCUT2D eigenvalue weighted by molar-refractivity contribution is 5.66. The van der Waals surface area contributed by atoms with Gasteiger partial charge in [-0.2, -0.15) is 4.39 Å². The van der Waals surface area contributed by atoms with Crippen LogP contribution in [0.1, 0.15) is 48.8 Å². The van der Waals surface area contributed by atoms with E-state index < -0.39 is 46.0 Å². The number of hydrogen-bond acceptors (Lipinski definition) is 2. The van der Waals surface area contributed by atoms with Crippen molar-refractivity contribution in [3.63, 3.8) is 0 Å². The highest BCUT2D eigenvalue weighted by Gasteiger charge is 2.27. The first-order valence-corrected chi connectivity index (χ1v) is 12.1. The molecule has 2 nitrogen and oxygen atoms in total. The van der Waals surface area contributed by atoms with Gasteiger partial charge in [0.05, 0.1) is 19.3 Å². The molecule has 0 saturated carbocycles. The standard InChI is InChI=1S/C29H26F6O2/c1-3-16-7-11-20(26(32)24(16)30)18-6-10-19(37-15-18)9-5-17-8-12-21(27(33)25(17)31)22-13-14-23(36-4-2)29(35)28(22)34/h3,7-8,11-14,18-19H,1,4-6,9-10,15H2,2H3. The molecule has 196 valence electrons. The van der Waals surface area contributed by atoms with Crippen LogP contribution in [0.3, 0.4) is 0 Å². The van der Waals surface area contributed by atoms with Gasteiger partial charge in [-0.15, -0.1) is 0 Å². The van der Waals surface area contributed by atoms with Crippen LogP contribution in [-0.2, 0) is 11.2 Å². The summed E-state index contributed by atoms with van der Waals surface area (Å²) in [6.07, 6.45) is 2.59. The maximum Gasteiger partial charge on any atom is 0.201 e. The lowest BCUT2D eigenvalue weighted by Gasteiger charge is -2.30. The fourth-order valence-electron chi connectivity index (χ4n) is 4.64. The fraction of sp³-hybridized carbons (Fsp3) is 0.310. The summed E-state index contributed by atoms with van der Waals surface area (Å²) in [7, 11) is 0. The van der Waals surface area contributed by atoms with E-state index in [9.17, 15) is 26.3 Å². The smallest absolute Gasteiger partial charge is 0.201 e. The van der Waals surface area contributed by atoms with Crippen molar-refractivity contribution in [1.29, 1.82) is 0 Å². The lowest BCUT2D eigenvalue weighted by molar-refractivity contribution is -0.00138. The zero-order chi connectivity index (χ0) is 26.7. The molecule has 0 N–H and O–H groups in total. The molecule has 0 radical (unpaired) electrons. The molecule has 8 heteroatoms. The zero-order valence-electron chi connectivity index (χ0n) is 20.2. The fourth-order valence-corrected chi connectivity index (χ4v) is 4.64. The molecule has 0 spiro atoms. The SMILES string of the molecule is C=Cc1ccc(C2CCC(CCc3ccc(-c4ccc(OCC)c(F)c4F)c(F)c3F)OC2)c(F)c1F. The lowest BCUT2D eigenvalue weighted by Crippen LogP contribution is -2.26. The normalized spacial score (nSPS) is 17.6. The Hall–Kier alpha value is -3.26. The van der Waals surface area contributed by atoms with Crippen LogP contribution in [0.15, 0.2) is 43.0 Å². The highest BCUT2D eigenvalue weighted by Crippen LogP contribution is 2.35. The van der Waals surface area contributed by atoms with E-state index >= 15 is 0 Å². The first-order chi connectivity index (χ1) is 17.8. The van der Waals surface area contributed by atoms with E-state index in [1.807, 2.05) is 0 Å². The van der Waals surface area contributed by atoms with Gasteiger partial charge >= 0.3 is 0 Å². The summed E-state index contributed by atoms with van der Waals surface area (Å²) in [5.74, 6) is -7.48. The molecule has 1 fully saturated rings. The van der Waals surface area contributed by atoms with Crippen LogP contribution in [0.2, 0.25) is 0 Å². The summed E-state index contributed by atoms with van der Waals surface area (Å²) in [5, 5.41) is 0. The Labute approximate surface area is 211 Å². The van der Waals surface area contributed by atoms with Gasteiger partial charge in [-0.25, -0.2) is 22.0 Å². The number of ether oxygens (including phenoxy) is 2. The van der Waals surface area contributed by atoms with E-state index in [2.05, 4.69) is 6.58 Å². The van der Waals surface area contributed by atoms with Crippen LogP contribution in [-0.4, -0.2) is 19.3 Å². The second-order valence-corrected chi connectivity index (χ2v) is 8.92. The Morgan fingerprint density at radius 2 is 1.54 bits per heavy atom. The molecule has 2 unspecified atom stereocenters. The summed E-state index contributed by atoms with van der Waals surface area (Å²) in [6.45, 7) is 5.37. The molecule has 0 bridgehead atoms. The van der Waals surface area contributed by atoms with Gasteiger partial charge in [0.25, 0.3) is 0 Å². The molecule has 1 saturated heterocycles. The van der Waals surface area contributed by atoms with Gasteiger partial charge in [0.15, 0.2) is 34.8 Å². The summed E-state index contributed by atoms with van der Waals surface area (Å²) in [6, 6.07) is 7.88. The Kier molecular flexibility index (Phi) is 8.27. The maximum absolute atomic E-state index is 14.8. The monoisotopic (exact) mass is 520 g/mol. The van der Waals surface area contributed by atoms with Gasteiger partial charge in [-0.1, -0.05) is 36.9 Å². The van der Waals surface area contributed by atoms with Crippen molar-refractivity contribution in [3.8, 4) is 16.9 Å². The lowest BCUT2D eigenvalue weighted by atomic mass is 9.88. The van der Waals surface area contributed by atoms with Gasteiger partial charge in [0, 0.05) is 22.6 Å². The topological polar surface area (TPSA) is 18.5 Å². The minimum absolute atomic E-state index is 0.0759. The summed E-state index contributed by atoms with van der Waals surface area (Å²) in [5.41, 5.74) is -0.397. The van der Waals surface area contributed by atoms with Crippen LogP contribution in [0.4, 0.5) is 26.3 Å². The first kappa shape index (κ1) is 26.8. The van der Waals surface area contributed by atoms with Gasteiger partial charge < -0.3 is 9.47 Å². The van der Waals surface area contributed by atoms with Crippen LogP contribution >= 0.6 is 0 Å². The second kappa shape index (κ2) is 11.4. The van der Waals surface area contributed by atoms with E-state index in [1.54, 1.807) is 6.92 Å². The largest absolute Gasteiger partial charge is 0.491 e. The molecule has 1 aliphatic heterocycles. The Morgan fingerprint density at radius 3 is 2.19 bits per heavy atom. The van der Waals surface area contributed by atoms with Crippen molar-refractivity contribution in [2.75, 3.05) is 13.2 Å². The van der Waals surface area contributed by atoms with Gasteiger partial charge in [0.2, 0.25) is 5.82 Å². The van der Waals surface area contributed by atoms with Gasteiger partial charge in [0.1, 0.15) is 0 Å². The highest BCUT2D eigenvalue weighted by atomic mass is 19.2. The molecule has 3 aromatic carbocycles. The molecule has 2 atom stereocenters. The van der Waals surface area contributed by atoms with Crippen LogP contribution < -0.4 is 4.74 Å². The number of benzene rings is 3. The summed E-state index contributed by atoms with van der Waals surface area (Å²) in [4.78, 5) is 0. The quantitative estimate of drug-likeness (QED) is 0.279. The first-order valence-electron chi connectivity index (χ1n) is 12.1. The van der Waals surface area contributed by atoms with Crippen molar-refractivity contribution in [1.82, 2.24) is 0 Å². The van der Waals surface area contributed by atoms with E-state index in [1.165, 1.54) is 36.4 Å². The molecule has 3 aromatic rings. The average Bonchev–Trinajstić information content (AvgIpc) is 2.90. The van der Waals surface area contributed by atoms with Crippen LogP contribution in [0.5, 0.6) is 5.75 Å². The molecule has 0 aliphatic carbocycles. The minimum atomic E-state index is -1.32. The maximum atomic E-state index is 14.8. The molecular formula is C29H26F6O2. The number of halogens is 6. The molecule has 1 aliphatic rings. The Balaban J connectivity index is 1.41. The third kappa shape index (κ3) is 5.39. The van der Waals surface area contributed by atoms with Crippen molar-refractivity contribution in [3.05, 3.63) is 94.6 Å². The average molecular weight is 521 g/mol. The van der Waals surface area contributed by atoms with Crippen LogP contribution in [0.25, 0.3) is 17.2 Å². The number of rotatable bonds is 8. The van der Waals surface area contributed by atoms with E-state index in [-0.39, 0.29) is 54.1 Å². The molecule has 1 heterocycles. The molecular weight excluding hydrogens is 494 g/mol. The molecule has 37 heavy (non-hydrogen) atoms. The Bertz CT molecular complexity index is 1300. The van der Waals surface area contributed by atoms with Crippen molar-refractivity contribution >= 4 is 6.08 Å². The van der Waals surface area contributed by atoms with Gasteiger partial charge in [-0.3, -0.25) is 0 Å². The summed E-state index contributed by atoms with van der Waals surface area (Å²) >= 11 is 0. The third-order valence-corrected chi connectivity index (χ3v) is 6.71. The third-order valence-electron chi connectivity index (χ3n) is 6.71. The van der Waals surface area contributed by atoms with E-state index in [4.69, 9.17) is 9.47 Å². The number of hydrogen-bond donors (Lipinski definition) is 0. The second-order valence-electron chi connectivity index (χ2n) is 8.92. The molecule has 0 aromatic heterocycles. The van der Waals surface area contributed by atoms with Gasteiger partial charge in [-0.05, 0) is 55.9 Å². The van der Waals surface area contributed by atoms with Crippen LogP contribution in [0, 0.1) is 34.9 Å². The Morgan fingerprint density at radius 1 is 0.838 bits per heavy atom. The number of aryl methyl sites for hydroxylation is 1. The minimum Gasteiger partial charge on any atom is -0.491 e. The summed E-state index contributed by atoms with van der Waals surface area (Å²) < 4.78 is 97.7. The van der Waals surface area contributed by atoms with E-state index in [0.29, 0.717) is 19.3 Å². The predicted octanol–water partition coefficient (Wildman–Crippen LogP) is 8.13. The van der Waals surface area contributed by atoms with Crippen molar-refractivity contribution in [2.24, 2.45) is 0 Å². The van der Waals surface area contributed by atoms with E-state index in [0.717, 1.165) is 6.07 Å². The molecule has 4 rings (SSSR count). The van der Waals surface area contributed by atoms with Crippen molar-refractivity contribution in [2.45, 2.75) is 44.6 Å².